The number of aryl methyl sites for hydroxylation is 2. The molecule has 1 heterocycles. The standard InChI is InChI=1S/C17H20N2O/c1-5-7-14(6-2)19-17(20)13-8-9-16-15(10-13)11(3)12(4)18-16/h2,8-10,14,18H,5,7H2,1,3-4H3,(H,19,20). The van der Waals surface area contributed by atoms with Crippen LogP contribution in [0.25, 0.3) is 10.9 Å². The molecule has 2 N–H and O–H groups in total. The highest BCUT2D eigenvalue weighted by Gasteiger charge is 2.12. The summed E-state index contributed by atoms with van der Waals surface area (Å²) in [6, 6.07) is 5.49. The lowest BCUT2D eigenvalue weighted by molar-refractivity contribution is 0.0944. The molecule has 2 aromatic rings. The molecule has 1 aromatic heterocycles. The number of carbonyl (C=O) groups is 1. The van der Waals surface area contributed by atoms with Gasteiger partial charge < -0.3 is 10.3 Å². The van der Waals surface area contributed by atoms with E-state index in [0.717, 1.165) is 29.4 Å². The predicted molar refractivity (Wildman–Crippen MR) is 82.8 cm³/mol. The summed E-state index contributed by atoms with van der Waals surface area (Å²) in [6.45, 7) is 6.14. The molecule has 3 heteroatoms. The van der Waals surface area contributed by atoms with Crippen molar-refractivity contribution >= 4 is 16.8 Å². The average molecular weight is 268 g/mol. The highest BCUT2D eigenvalue weighted by molar-refractivity contribution is 5.99. The van der Waals surface area contributed by atoms with Gasteiger partial charge in [-0.2, -0.15) is 0 Å². The Kier molecular flexibility index (Phi) is 4.14. The first-order valence-corrected chi connectivity index (χ1v) is 6.92. The summed E-state index contributed by atoms with van der Waals surface area (Å²) >= 11 is 0. The number of nitrogens with one attached hydrogen (secondary N) is 2. The zero-order valence-corrected chi connectivity index (χ0v) is 12.2. The molecule has 1 aromatic carbocycles. The molecule has 0 saturated heterocycles. The molecule has 3 nitrogen and oxygen atoms in total. The van der Waals surface area contributed by atoms with E-state index in [9.17, 15) is 4.79 Å². The van der Waals surface area contributed by atoms with E-state index in [0.29, 0.717) is 5.56 Å². The fourth-order valence-electron chi connectivity index (χ4n) is 2.33. The second kappa shape index (κ2) is 5.83. The maximum atomic E-state index is 12.2. The second-order valence-electron chi connectivity index (χ2n) is 5.12. The molecule has 0 aliphatic heterocycles. The number of terminal acetylenes is 1. The molecule has 0 saturated carbocycles. The van der Waals surface area contributed by atoms with E-state index in [1.807, 2.05) is 25.1 Å². The number of benzene rings is 1. The highest BCUT2D eigenvalue weighted by Crippen LogP contribution is 2.22. The van der Waals surface area contributed by atoms with Crippen molar-refractivity contribution in [2.75, 3.05) is 0 Å². The number of aromatic nitrogens is 1. The maximum absolute atomic E-state index is 12.2. The summed E-state index contributed by atoms with van der Waals surface area (Å²) in [6.07, 6.45) is 7.18. The lowest BCUT2D eigenvalue weighted by Gasteiger charge is -2.12. The first-order chi connectivity index (χ1) is 9.56. The van der Waals surface area contributed by atoms with E-state index in [1.54, 1.807) is 0 Å². The number of aromatic amines is 1. The molecule has 0 spiro atoms. The maximum Gasteiger partial charge on any atom is 0.252 e. The van der Waals surface area contributed by atoms with Crippen molar-refractivity contribution in [2.24, 2.45) is 0 Å². The van der Waals surface area contributed by atoms with Gasteiger partial charge in [-0.05, 0) is 44.0 Å². The fraction of sp³-hybridized carbons (Fsp3) is 0.353. The Labute approximate surface area is 119 Å². The Balaban J connectivity index is 2.26. The molecule has 0 aliphatic carbocycles. The molecule has 0 bridgehead atoms. The Bertz CT molecular complexity index is 676. The van der Waals surface area contributed by atoms with Crippen LogP contribution in [-0.2, 0) is 0 Å². The van der Waals surface area contributed by atoms with Gasteiger partial charge in [0, 0.05) is 22.2 Å². The predicted octanol–water partition coefficient (Wildman–Crippen LogP) is 3.32. The zero-order chi connectivity index (χ0) is 14.7. The van der Waals surface area contributed by atoms with Crippen LogP contribution < -0.4 is 5.32 Å². The van der Waals surface area contributed by atoms with Crippen molar-refractivity contribution in [1.29, 1.82) is 0 Å². The van der Waals surface area contributed by atoms with Gasteiger partial charge in [0.15, 0.2) is 0 Å². The minimum absolute atomic E-state index is 0.110. The van der Waals surface area contributed by atoms with Crippen molar-refractivity contribution in [3.8, 4) is 12.3 Å². The van der Waals surface area contributed by atoms with E-state index in [2.05, 4.69) is 30.1 Å². The second-order valence-corrected chi connectivity index (χ2v) is 5.12. The largest absolute Gasteiger partial charge is 0.358 e. The van der Waals surface area contributed by atoms with Crippen molar-refractivity contribution in [1.82, 2.24) is 10.3 Å². The van der Waals surface area contributed by atoms with Crippen LogP contribution in [0, 0.1) is 26.2 Å². The normalized spacial score (nSPS) is 12.1. The molecule has 0 radical (unpaired) electrons. The van der Waals surface area contributed by atoms with Crippen LogP contribution in [0.5, 0.6) is 0 Å². The number of H-pyrrole nitrogens is 1. The monoisotopic (exact) mass is 268 g/mol. The van der Waals surface area contributed by atoms with Crippen LogP contribution in [0.3, 0.4) is 0 Å². The van der Waals surface area contributed by atoms with E-state index in [1.165, 1.54) is 5.56 Å². The van der Waals surface area contributed by atoms with Gasteiger partial charge in [0.25, 0.3) is 5.91 Å². The third kappa shape index (κ3) is 2.70. The molecule has 20 heavy (non-hydrogen) atoms. The molecule has 104 valence electrons. The number of rotatable bonds is 4. The number of amides is 1. The van der Waals surface area contributed by atoms with Gasteiger partial charge in [-0.15, -0.1) is 6.42 Å². The number of hydrogen-bond acceptors (Lipinski definition) is 1. The van der Waals surface area contributed by atoms with Crippen LogP contribution in [0.15, 0.2) is 18.2 Å². The van der Waals surface area contributed by atoms with Gasteiger partial charge in [0.05, 0.1) is 6.04 Å². The molecule has 2 rings (SSSR count). The van der Waals surface area contributed by atoms with Gasteiger partial charge in [-0.3, -0.25) is 4.79 Å². The van der Waals surface area contributed by atoms with Crippen molar-refractivity contribution in [2.45, 2.75) is 39.7 Å². The van der Waals surface area contributed by atoms with E-state index < -0.39 is 0 Å². The summed E-state index contributed by atoms with van der Waals surface area (Å²) in [5.74, 6) is 2.51. The van der Waals surface area contributed by atoms with Gasteiger partial charge in [0.2, 0.25) is 0 Å². The minimum atomic E-state index is -0.197. The van der Waals surface area contributed by atoms with Gasteiger partial charge in [-0.1, -0.05) is 19.3 Å². The molecule has 0 aliphatic rings. The summed E-state index contributed by atoms with van der Waals surface area (Å²) < 4.78 is 0. The lowest BCUT2D eigenvalue weighted by Crippen LogP contribution is -2.33. The summed E-state index contributed by atoms with van der Waals surface area (Å²) in [5, 5.41) is 3.98. The smallest absolute Gasteiger partial charge is 0.252 e. The number of fused-ring (bicyclic) bond motifs is 1. The van der Waals surface area contributed by atoms with Crippen molar-refractivity contribution in [3.05, 3.63) is 35.0 Å². The van der Waals surface area contributed by atoms with Crippen LogP contribution in [0.2, 0.25) is 0 Å². The Hall–Kier alpha value is -2.21. The molecular weight excluding hydrogens is 248 g/mol. The van der Waals surface area contributed by atoms with Crippen LogP contribution in [-0.4, -0.2) is 16.9 Å². The van der Waals surface area contributed by atoms with E-state index in [4.69, 9.17) is 6.42 Å². The molecule has 1 amide bonds. The zero-order valence-electron chi connectivity index (χ0n) is 12.2. The third-order valence-corrected chi connectivity index (χ3v) is 3.65. The summed E-state index contributed by atoms with van der Waals surface area (Å²) in [4.78, 5) is 15.5. The third-order valence-electron chi connectivity index (χ3n) is 3.65. The topological polar surface area (TPSA) is 44.9 Å². The molecule has 1 atom stereocenters. The average Bonchev–Trinajstić information content (AvgIpc) is 2.73. The number of hydrogen-bond donors (Lipinski definition) is 2. The van der Waals surface area contributed by atoms with E-state index >= 15 is 0 Å². The van der Waals surface area contributed by atoms with Crippen LogP contribution in [0.1, 0.15) is 41.4 Å². The Morgan fingerprint density at radius 3 is 2.85 bits per heavy atom. The quantitative estimate of drug-likeness (QED) is 0.821. The van der Waals surface area contributed by atoms with Crippen LogP contribution >= 0.6 is 0 Å². The molecule has 1 unspecified atom stereocenters. The SMILES string of the molecule is C#CC(CCC)NC(=O)c1ccc2[nH]c(C)c(C)c2c1. The highest BCUT2D eigenvalue weighted by atomic mass is 16.1. The lowest BCUT2D eigenvalue weighted by atomic mass is 10.1. The fourth-order valence-corrected chi connectivity index (χ4v) is 2.33. The number of carbonyl (C=O) groups excluding carboxylic acids is 1. The van der Waals surface area contributed by atoms with Gasteiger partial charge >= 0.3 is 0 Å². The Morgan fingerprint density at radius 1 is 1.45 bits per heavy atom. The van der Waals surface area contributed by atoms with Crippen molar-refractivity contribution < 1.29 is 4.79 Å². The van der Waals surface area contributed by atoms with Crippen LogP contribution in [0.4, 0.5) is 0 Å². The van der Waals surface area contributed by atoms with Gasteiger partial charge in [-0.25, -0.2) is 0 Å². The summed E-state index contributed by atoms with van der Waals surface area (Å²) in [7, 11) is 0. The first kappa shape index (κ1) is 14.2. The first-order valence-electron chi connectivity index (χ1n) is 6.92. The molecule has 0 fully saturated rings. The Morgan fingerprint density at radius 2 is 2.20 bits per heavy atom. The van der Waals surface area contributed by atoms with Gasteiger partial charge in [0.1, 0.15) is 0 Å². The van der Waals surface area contributed by atoms with E-state index in [-0.39, 0.29) is 11.9 Å². The molecular formula is C17H20N2O. The summed E-state index contributed by atoms with van der Waals surface area (Å²) in [5.41, 5.74) is 4.01. The van der Waals surface area contributed by atoms with Crippen molar-refractivity contribution in [3.63, 3.8) is 0 Å². The minimum Gasteiger partial charge on any atom is -0.358 e.